The van der Waals surface area contributed by atoms with Crippen LogP contribution in [-0.4, -0.2) is 35.5 Å². The van der Waals surface area contributed by atoms with Crippen molar-refractivity contribution in [2.45, 2.75) is 26.8 Å². The molecule has 0 unspecified atom stereocenters. The minimum atomic E-state index is -1.03. The van der Waals surface area contributed by atoms with Crippen molar-refractivity contribution in [3.8, 4) is 5.75 Å². The van der Waals surface area contributed by atoms with E-state index in [1.165, 1.54) is 6.26 Å². The SMILES string of the molecule is CCN(Cc1ccc(OC)cc1)C(=O)c1c(C)coc1CC(=O)O. The van der Waals surface area contributed by atoms with Gasteiger partial charge >= 0.3 is 5.97 Å². The molecule has 1 amide bonds. The van der Waals surface area contributed by atoms with Crippen LogP contribution in [0.5, 0.6) is 5.75 Å². The predicted octanol–water partition coefficient (Wildman–Crippen LogP) is 2.89. The highest BCUT2D eigenvalue weighted by atomic mass is 16.5. The lowest BCUT2D eigenvalue weighted by Crippen LogP contribution is -2.31. The Labute approximate surface area is 140 Å². The fourth-order valence-electron chi connectivity index (χ4n) is 2.49. The zero-order valence-corrected chi connectivity index (χ0v) is 14.0. The fraction of sp³-hybridized carbons (Fsp3) is 0.333. The Kier molecular flexibility index (Phi) is 5.63. The number of hydrogen-bond donors (Lipinski definition) is 1. The average Bonchev–Trinajstić information content (AvgIpc) is 2.92. The molecule has 0 aliphatic rings. The number of ether oxygens (including phenoxy) is 1. The molecule has 6 heteroatoms. The number of carbonyl (C=O) groups is 2. The van der Waals surface area contributed by atoms with Crippen molar-refractivity contribution in [2.24, 2.45) is 0 Å². The van der Waals surface area contributed by atoms with Gasteiger partial charge in [0.1, 0.15) is 17.9 Å². The van der Waals surface area contributed by atoms with Crippen LogP contribution in [0.15, 0.2) is 34.9 Å². The number of carboxylic acids is 1. The van der Waals surface area contributed by atoms with Crippen molar-refractivity contribution in [1.82, 2.24) is 4.90 Å². The molecule has 0 radical (unpaired) electrons. The van der Waals surface area contributed by atoms with Crippen molar-refractivity contribution < 1.29 is 23.8 Å². The van der Waals surface area contributed by atoms with Gasteiger partial charge in [0.15, 0.2) is 0 Å². The summed E-state index contributed by atoms with van der Waals surface area (Å²) in [5, 5.41) is 8.97. The van der Waals surface area contributed by atoms with Crippen molar-refractivity contribution >= 4 is 11.9 Å². The lowest BCUT2D eigenvalue weighted by Gasteiger charge is -2.21. The van der Waals surface area contributed by atoms with E-state index in [0.29, 0.717) is 24.2 Å². The second-order valence-electron chi connectivity index (χ2n) is 5.45. The van der Waals surface area contributed by atoms with Crippen LogP contribution >= 0.6 is 0 Å². The van der Waals surface area contributed by atoms with Gasteiger partial charge in [-0.1, -0.05) is 12.1 Å². The first-order chi connectivity index (χ1) is 11.5. The third-order valence-electron chi connectivity index (χ3n) is 3.78. The molecule has 0 bridgehead atoms. The number of rotatable bonds is 7. The molecule has 0 aliphatic heterocycles. The quantitative estimate of drug-likeness (QED) is 0.844. The van der Waals surface area contributed by atoms with E-state index in [1.807, 2.05) is 31.2 Å². The van der Waals surface area contributed by atoms with Gasteiger partial charge in [-0.05, 0) is 31.5 Å². The van der Waals surface area contributed by atoms with Crippen LogP contribution in [-0.2, 0) is 17.8 Å². The van der Waals surface area contributed by atoms with E-state index in [9.17, 15) is 9.59 Å². The van der Waals surface area contributed by atoms with Gasteiger partial charge in [-0.15, -0.1) is 0 Å². The van der Waals surface area contributed by atoms with Crippen molar-refractivity contribution in [2.75, 3.05) is 13.7 Å². The molecule has 24 heavy (non-hydrogen) atoms. The van der Waals surface area contributed by atoms with Crippen molar-refractivity contribution in [1.29, 1.82) is 0 Å². The van der Waals surface area contributed by atoms with Crippen LogP contribution in [0.2, 0.25) is 0 Å². The van der Waals surface area contributed by atoms with Gasteiger partial charge in [0.2, 0.25) is 0 Å². The number of carbonyl (C=O) groups excluding carboxylic acids is 1. The molecule has 0 saturated heterocycles. The van der Waals surface area contributed by atoms with Crippen molar-refractivity contribution in [3.05, 3.63) is 53.0 Å². The number of carboxylic acid groups (broad SMARTS) is 1. The fourth-order valence-corrected chi connectivity index (χ4v) is 2.49. The molecule has 0 aliphatic carbocycles. The van der Waals surface area contributed by atoms with Crippen LogP contribution in [0, 0.1) is 6.92 Å². The zero-order chi connectivity index (χ0) is 17.7. The molecule has 0 fully saturated rings. The molecule has 2 aromatic rings. The van der Waals surface area contributed by atoms with Crippen LogP contribution in [0.4, 0.5) is 0 Å². The van der Waals surface area contributed by atoms with E-state index in [2.05, 4.69) is 0 Å². The minimum absolute atomic E-state index is 0.193. The summed E-state index contributed by atoms with van der Waals surface area (Å²) in [4.78, 5) is 25.4. The van der Waals surface area contributed by atoms with Gasteiger partial charge < -0.3 is 19.2 Å². The average molecular weight is 331 g/mol. The molecule has 2 rings (SSSR count). The highest BCUT2D eigenvalue weighted by molar-refractivity contribution is 5.97. The molecular weight excluding hydrogens is 310 g/mol. The van der Waals surface area contributed by atoms with Gasteiger partial charge in [-0.2, -0.15) is 0 Å². The monoisotopic (exact) mass is 331 g/mol. The number of nitrogens with zero attached hydrogens (tertiary/aromatic N) is 1. The largest absolute Gasteiger partial charge is 0.497 e. The van der Waals surface area contributed by atoms with E-state index in [0.717, 1.165) is 11.3 Å². The van der Waals surface area contributed by atoms with Crippen molar-refractivity contribution in [3.63, 3.8) is 0 Å². The van der Waals surface area contributed by atoms with E-state index in [1.54, 1.807) is 18.9 Å². The Bertz CT molecular complexity index is 718. The molecule has 1 heterocycles. The van der Waals surface area contributed by atoms with Gasteiger partial charge in [-0.3, -0.25) is 9.59 Å². The number of furan rings is 1. The summed E-state index contributed by atoms with van der Waals surface area (Å²) in [5.74, 6) is -0.312. The van der Waals surface area contributed by atoms with Crippen LogP contribution in [0.25, 0.3) is 0 Å². The first-order valence-corrected chi connectivity index (χ1v) is 7.67. The summed E-state index contributed by atoms with van der Waals surface area (Å²) in [6, 6.07) is 7.48. The second-order valence-corrected chi connectivity index (χ2v) is 5.45. The third-order valence-corrected chi connectivity index (χ3v) is 3.78. The van der Waals surface area contributed by atoms with Gasteiger partial charge in [-0.25, -0.2) is 0 Å². The topological polar surface area (TPSA) is 80.0 Å². The second kappa shape index (κ2) is 7.68. The summed E-state index contributed by atoms with van der Waals surface area (Å²) in [6.45, 7) is 4.55. The maximum absolute atomic E-state index is 12.8. The lowest BCUT2D eigenvalue weighted by molar-refractivity contribution is -0.136. The lowest BCUT2D eigenvalue weighted by atomic mass is 10.1. The molecule has 0 atom stereocenters. The molecule has 1 aromatic heterocycles. The number of amides is 1. The van der Waals surface area contributed by atoms with Gasteiger partial charge in [0.25, 0.3) is 5.91 Å². The molecule has 6 nitrogen and oxygen atoms in total. The summed E-state index contributed by atoms with van der Waals surface area (Å²) in [5.41, 5.74) is 1.95. The number of aliphatic carboxylic acids is 1. The Hall–Kier alpha value is -2.76. The normalized spacial score (nSPS) is 10.5. The standard InChI is InChI=1S/C18H21NO5/c1-4-19(10-13-5-7-14(23-3)8-6-13)18(22)17-12(2)11-24-15(17)9-16(20)21/h5-8,11H,4,9-10H2,1-3H3,(H,20,21). The Morgan fingerprint density at radius 1 is 1.25 bits per heavy atom. The summed E-state index contributed by atoms with van der Waals surface area (Å²) in [6.07, 6.45) is 1.11. The third kappa shape index (κ3) is 3.95. The Balaban J connectivity index is 2.22. The maximum atomic E-state index is 12.8. The van der Waals surface area contributed by atoms with E-state index < -0.39 is 5.97 Å². The molecule has 1 N–H and O–H groups in total. The number of methoxy groups -OCH3 is 1. The first kappa shape index (κ1) is 17.6. The van der Waals surface area contributed by atoms with E-state index in [4.69, 9.17) is 14.3 Å². The van der Waals surface area contributed by atoms with E-state index in [-0.39, 0.29) is 18.1 Å². The molecular formula is C18H21NO5. The summed E-state index contributed by atoms with van der Waals surface area (Å²) < 4.78 is 10.4. The van der Waals surface area contributed by atoms with Gasteiger partial charge in [0, 0.05) is 18.7 Å². The first-order valence-electron chi connectivity index (χ1n) is 7.67. The van der Waals surface area contributed by atoms with Gasteiger partial charge in [0.05, 0.1) is 18.9 Å². The number of benzene rings is 1. The highest BCUT2D eigenvalue weighted by Gasteiger charge is 2.24. The number of aryl methyl sites for hydroxylation is 1. The maximum Gasteiger partial charge on any atom is 0.311 e. The zero-order valence-electron chi connectivity index (χ0n) is 14.0. The molecule has 1 aromatic carbocycles. The minimum Gasteiger partial charge on any atom is -0.497 e. The predicted molar refractivity (Wildman–Crippen MR) is 88.2 cm³/mol. The number of hydrogen-bond acceptors (Lipinski definition) is 4. The highest BCUT2D eigenvalue weighted by Crippen LogP contribution is 2.21. The summed E-state index contributed by atoms with van der Waals surface area (Å²) in [7, 11) is 1.60. The summed E-state index contributed by atoms with van der Waals surface area (Å²) >= 11 is 0. The Morgan fingerprint density at radius 3 is 2.46 bits per heavy atom. The van der Waals surface area contributed by atoms with E-state index >= 15 is 0 Å². The van der Waals surface area contributed by atoms with Crippen LogP contribution in [0.3, 0.4) is 0 Å². The molecule has 0 saturated carbocycles. The molecule has 128 valence electrons. The molecule has 0 spiro atoms. The van der Waals surface area contributed by atoms with Crippen LogP contribution < -0.4 is 4.74 Å². The smallest absolute Gasteiger partial charge is 0.311 e. The van der Waals surface area contributed by atoms with Crippen LogP contribution in [0.1, 0.15) is 34.2 Å². The Morgan fingerprint density at radius 2 is 1.92 bits per heavy atom.